The minimum absolute atomic E-state index is 0.126. The first-order valence-electron chi connectivity index (χ1n) is 4.94. The number of fused-ring (bicyclic) bond motifs is 1. The van der Waals surface area contributed by atoms with Gasteiger partial charge in [0.05, 0.1) is 30.4 Å². The second-order valence-electron chi connectivity index (χ2n) is 3.46. The van der Waals surface area contributed by atoms with Crippen LogP contribution in [0.1, 0.15) is 17.5 Å². The van der Waals surface area contributed by atoms with Crippen molar-refractivity contribution in [2.75, 3.05) is 13.2 Å². The van der Waals surface area contributed by atoms with Crippen LogP contribution in [0.25, 0.3) is 5.76 Å². The van der Waals surface area contributed by atoms with Gasteiger partial charge in [-0.15, -0.1) is 0 Å². The van der Waals surface area contributed by atoms with Gasteiger partial charge in [-0.2, -0.15) is 5.26 Å². The van der Waals surface area contributed by atoms with Crippen molar-refractivity contribution in [1.82, 2.24) is 0 Å². The van der Waals surface area contributed by atoms with Crippen LogP contribution in [-0.2, 0) is 0 Å². The van der Waals surface area contributed by atoms with Crippen LogP contribution in [0.15, 0.2) is 18.7 Å². The first kappa shape index (κ1) is 10.4. The number of aliphatic hydroxyl groups is 1. The van der Waals surface area contributed by atoms with E-state index in [4.69, 9.17) is 14.7 Å². The number of benzene rings is 1. The Morgan fingerprint density at radius 1 is 1.38 bits per heavy atom. The average Bonchev–Trinajstić information content (AvgIpc) is 2.52. The number of rotatable bonds is 1. The van der Waals surface area contributed by atoms with Crippen molar-refractivity contribution in [3.05, 3.63) is 29.8 Å². The Hall–Kier alpha value is -2.15. The summed E-state index contributed by atoms with van der Waals surface area (Å²) in [6.07, 6.45) is 0.772. The molecule has 1 heterocycles. The maximum absolute atomic E-state index is 9.45. The van der Waals surface area contributed by atoms with Crippen molar-refractivity contribution in [2.45, 2.75) is 6.42 Å². The zero-order valence-corrected chi connectivity index (χ0v) is 8.69. The standard InChI is InChI=1S/C12H11NO3/c1-8(14)10-5-9(7-13)6-11-12(10)16-4-2-3-15-11/h5-6,14H,1-4H2. The molecule has 0 amide bonds. The fourth-order valence-corrected chi connectivity index (χ4v) is 1.55. The Balaban J connectivity index is 2.59. The first-order chi connectivity index (χ1) is 7.72. The fourth-order valence-electron chi connectivity index (χ4n) is 1.55. The Kier molecular flexibility index (Phi) is 2.69. The maximum atomic E-state index is 9.45. The molecule has 1 N–H and O–H groups in total. The van der Waals surface area contributed by atoms with Crippen LogP contribution in [0, 0.1) is 11.3 Å². The van der Waals surface area contributed by atoms with Gasteiger partial charge in [0.15, 0.2) is 11.5 Å². The van der Waals surface area contributed by atoms with Gasteiger partial charge in [0.25, 0.3) is 0 Å². The summed E-state index contributed by atoms with van der Waals surface area (Å²) in [4.78, 5) is 0. The zero-order valence-electron chi connectivity index (χ0n) is 8.69. The minimum atomic E-state index is -0.126. The highest BCUT2D eigenvalue weighted by Crippen LogP contribution is 2.37. The summed E-state index contributed by atoms with van der Waals surface area (Å²) in [5, 5.41) is 18.3. The third-order valence-electron chi connectivity index (χ3n) is 2.29. The monoisotopic (exact) mass is 217 g/mol. The predicted molar refractivity (Wildman–Crippen MR) is 58.4 cm³/mol. The molecule has 16 heavy (non-hydrogen) atoms. The molecule has 0 fully saturated rings. The topological polar surface area (TPSA) is 62.5 Å². The number of hydrogen-bond donors (Lipinski definition) is 1. The summed E-state index contributed by atoms with van der Waals surface area (Å²) in [6, 6.07) is 5.15. The molecule has 82 valence electrons. The van der Waals surface area contributed by atoms with Gasteiger partial charge in [0.2, 0.25) is 0 Å². The molecule has 1 aliphatic heterocycles. The normalized spacial score (nSPS) is 13.7. The molecule has 0 aromatic heterocycles. The third kappa shape index (κ3) is 1.80. The van der Waals surface area contributed by atoms with Crippen LogP contribution in [0.5, 0.6) is 11.5 Å². The van der Waals surface area contributed by atoms with Crippen LogP contribution in [-0.4, -0.2) is 18.3 Å². The van der Waals surface area contributed by atoms with Crippen LogP contribution in [0.4, 0.5) is 0 Å². The summed E-state index contributed by atoms with van der Waals surface area (Å²) >= 11 is 0. The molecule has 0 saturated carbocycles. The number of aliphatic hydroxyl groups excluding tert-OH is 1. The van der Waals surface area contributed by atoms with Gasteiger partial charge < -0.3 is 14.6 Å². The highest BCUT2D eigenvalue weighted by molar-refractivity contribution is 5.69. The highest BCUT2D eigenvalue weighted by atomic mass is 16.5. The molecule has 0 aliphatic carbocycles. The van der Waals surface area contributed by atoms with Crippen LogP contribution < -0.4 is 9.47 Å². The Bertz CT molecular complexity index is 474. The summed E-state index contributed by atoms with van der Waals surface area (Å²) in [7, 11) is 0. The van der Waals surface area contributed by atoms with E-state index in [1.807, 2.05) is 6.07 Å². The lowest BCUT2D eigenvalue weighted by Gasteiger charge is -2.12. The van der Waals surface area contributed by atoms with Crippen molar-refractivity contribution < 1.29 is 14.6 Å². The SMILES string of the molecule is C=C(O)c1cc(C#N)cc2c1OCCCO2. The Morgan fingerprint density at radius 3 is 2.81 bits per heavy atom. The maximum Gasteiger partial charge on any atom is 0.172 e. The largest absolute Gasteiger partial charge is 0.508 e. The van der Waals surface area contributed by atoms with Gasteiger partial charge in [-0.3, -0.25) is 0 Å². The second kappa shape index (κ2) is 4.15. The van der Waals surface area contributed by atoms with Crippen LogP contribution in [0.3, 0.4) is 0 Å². The molecule has 2 rings (SSSR count). The van der Waals surface area contributed by atoms with Crippen molar-refractivity contribution in [2.24, 2.45) is 0 Å². The summed E-state index contributed by atoms with van der Waals surface area (Å²) in [5.74, 6) is 0.824. The molecule has 1 aromatic carbocycles. The van der Waals surface area contributed by atoms with Gasteiger partial charge in [0.1, 0.15) is 5.76 Å². The Labute approximate surface area is 93.3 Å². The smallest absolute Gasteiger partial charge is 0.172 e. The lowest BCUT2D eigenvalue weighted by atomic mass is 10.1. The molecule has 4 nitrogen and oxygen atoms in total. The van der Waals surface area contributed by atoms with Crippen molar-refractivity contribution >= 4 is 5.76 Å². The van der Waals surface area contributed by atoms with Crippen molar-refractivity contribution in [3.8, 4) is 17.6 Å². The zero-order chi connectivity index (χ0) is 11.5. The molecule has 0 unspecified atom stereocenters. The highest BCUT2D eigenvalue weighted by Gasteiger charge is 2.18. The van der Waals surface area contributed by atoms with Gasteiger partial charge in [-0.05, 0) is 6.07 Å². The van der Waals surface area contributed by atoms with E-state index in [2.05, 4.69) is 6.58 Å². The Morgan fingerprint density at radius 2 is 2.12 bits per heavy atom. The number of nitrogens with zero attached hydrogens (tertiary/aromatic N) is 1. The quantitative estimate of drug-likeness (QED) is 0.733. The van der Waals surface area contributed by atoms with E-state index in [1.54, 1.807) is 6.07 Å². The van der Waals surface area contributed by atoms with E-state index in [0.717, 1.165) is 6.42 Å². The van der Waals surface area contributed by atoms with Crippen LogP contribution >= 0.6 is 0 Å². The predicted octanol–water partition coefficient (Wildman–Crippen LogP) is 2.25. The first-order valence-corrected chi connectivity index (χ1v) is 4.94. The fraction of sp³-hybridized carbons (Fsp3) is 0.250. The lowest BCUT2D eigenvalue weighted by molar-refractivity contribution is 0.296. The molecule has 4 heteroatoms. The lowest BCUT2D eigenvalue weighted by Crippen LogP contribution is -1.98. The van der Waals surface area contributed by atoms with E-state index in [1.165, 1.54) is 6.07 Å². The van der Waals surface area contributed by atoms with Crippen LogP contribution in [0.2, 0.25) is 0 Å². The molecule has 0 bridgehead atoms. The van der Waals surface area contributed by atoms with E-state index in [9.17, 15) is 5.11 Å². The average molecular weight is 217 g/mol. The second-order valence-corrected chi connectivity index (χ2v) is 3.46. The molecular formula is C12H11NO3. The molecule has 1 aliphatic rings. The molecule has 0 atom stereocenters. The molecule has 0 radical (unpaired) electrons. The molecule has 0 saturated heterocycles. The number of ether oxygens (including phenoxy) is 2. The minimum Gasteiger partial charge on any atom is -0.508 e. The summed E-state index contributed by atoms with van der Waals surface area (Å²) in [6.45, 7) is 4.52. The summed E-state index contributed by atoms with van der Waals surface area (Å²) < 4.78 is 10.9. The molecule has 0 spiro atoms. The van der Waals surface area contributed by atoms with Gasteiger partial charge in [-0.1, -0.05) is 6.58 Å². The number of hydrogen-bond acceptors (Lipinski definition) is 4. The van der Waals surface area contributed by atoms with Crippen molar-refractivity contribution in [3.63, 3.8) is 0 Å². The third-order valence-corrected chi connectivity index (χ3v) is 2.29. The van der Waals surface area contributed by atoms with Gasteiger partial charge >= 0.3 is 0 Å². The van der Waals surface area contributed by atoms with Gasteiger partial charge in [-0.25, -0.2) is 0 Å². The summed E-state index contributed by atoms with van der Waals surface area (Å²) in [5.41, 5.74) is 0.824. The van der Waals surface area contributed by atoms with Gasteiger partial charge in [0, 0.05) is 12.5 Å². The van der Waals surface area contributed by atoms with E-state index < -0.39 is 0 Å². The molecule has 1 aromatic rings. The van der Waals surface area contributed by atoms with Crippen molar-refractivity contribution in [1.29, 1.82) is 5.26 Å². The molecular weight excluding hydrogens is 206 g/mol. The van der Waals surface area contributed by atoms with E-state index in [0.29, 0.717) is 35.8 Å². The number of nitriles is 1. The van der Waals surface area contributed by atoms with E-state index >= 15 is 0 Å². The van der Waals surface area contributed by atoms with E-state index in [-0.39, 0.29) is 5.76 Å².